The van der Waals surface area contributed by atoms with E-state index < -0.39 is 0 Å². The first-order valence-electron chi connectivity index (χ1n) is 7.90. The molecule has 0 aliphatic carbocycles. The molecule has 2 N–H and O–H groups in total. The van der Waals surface area contributed by atoms with Gasteiger partial charge in [0.05, 0.1) is 0 Å². The highest BCUT2D eigenvalue weighted by Gasteiger charge is 2.21. The highest BCUT2D eigenvalue weighted by atomic mass is 15.2. The van der Waals surface area contributed by atoms with Gasteiger partial charge in [0, 0.05) is 43.9 Å². The maximum Gasteiger partial charge on any atom is 0.0454 e. The van der Waals surface area contributed by atoms with Crippen LogP contribution >= 0.6 is 0 Å². The Labute approximate surface area is 121 Å². The third kappa shape index (κ3) is 2.89. The number of nitrogens with one attached hydrogen (secondary N) is 2. The first-order valence-corrected chi connectivity index (χ1v) is 7.90. The second-order valence-electron chi connectivity index (χ2n) is 5.77. The zero-order chi connectivity index (χ0) is 13.8. The molecule has 20 heavy (non-hydrogen) atoms. The first-order chi connectivity index (χ1) is 9.88. The number of unbranched alkanes of at least 4 members (excludes halogenated alkanes) is 1. The first kappa shape index (κ1) is 13.7. The fraction of sp³-hybridized carbons (Fsp3) is 0.529. The monoisotopic (exact) mass is 271 g/mol. The van der Waals surface area contributed by atoms with Crippen LogP contribution in [-0.2, 0) is 0 Å². The molecule has 1 fully saturated rings. The number of H-pyrrole nitrogens is 1. The topological polar surface area (TPSA) is 31.1 Å². The lowest BCUT2D eigenvalue weighted by Gasteiger charge is -2.35. The molecule has 1 atom stereocenters. The number of benzene rings is 1. The van der Waals surface area contributed by atoms with E-state index in [1.54, 1.807) is 0 Å². The smallest absolute Gasteiger partial charge is 0.0454 e. The van der Waals surface area contributed by atoms with Crippen LogP contribution in [-0.4, -0.2) is 36.1 Å². The van der Waals surface area contributed by atoms with Crippen LogP contribution in [0.15, 0.2) is 30.5 Å². The molecule has 3 rings (SSSR count). The zero-order valence-corrected chi connectivity index (χ0v) is 12.4. The summed E-state index contributed by atoms with van der Waals surface area (Å²) in [7, 11) is 0. The van der Waals surface area contributed by atoms with Crippen LogP contribution in [0.3, 0.4) is 0 Å². The molecule has 1 aliphatic heterocycles. The molecule has 3 heteroatoms. The van der Waals surface area contributed by atoms with Crippen LogP contribution in [0, 0.1) is 0 Å². The van der Waals surface area contributed by atoms with Gasteiger partial charge in [-0.15, -0.1) is 0 Å². The quantitative estimate of drug-likeness (QED) is 0.874. The maximum absolute atomic E-state index is 3.46. The van der Waals surface area contributed by atoms with E-state index in [0.717, 1.165) is 13.1 Å². The third-order valence-corrected chi connectivity index (χ3v) is 4.39. The third-order valence-electron chi connectivity index (χ3n) is 4.39. The molecule has 0 spiro atoms. The van der Waals surface area contributed by atoms with Gasteiger partial charge in [-0.3, -0.25) is 4.90 Å². The van der Waals surface area contributed by atoms with Gasteiger partial charge in [0.25, 0.3) is 0 Å². The summed E-state index contributed by atoms with van der Waals surface area (Å²) in [6.45, 7) is 6.85. The van der Waals surface area contributed by atoms with Gasteiger partial charge in [-0.1, -0.05) is 25.8 Å². The number of hydrogen-bond donors (Lipinski definition) is 2. The largest absolute Gasteiger partial charge is 0.361 e. The molecule has 0 unspecified atom stereocenters. The van der Waals surface area contributed by atoms with Crippen molar-refractivity contribution < 1.29 is 0 Å². The molecular formula is C17H25N3. The van der Waals surface area contributed by atoms with Gasteiger partial charge in [0.2, 0.25) is 0 Å². The fourth-order valence-electron chi connectivity index (χ4n) is 3.23. The van der Waals surface area contributed by atoms with Crippen LogP contribution in [0.2, 0.25) is 0 Å². The van der Waals surface area contributed by atoms with E-state index >= 15 is 0 Å². The molecule has 0 radical (unpaired) electrons. The molecule has 0 amide bonds. The summed E-state index contributed by atoms with van der Waals surface area (Å²) >= 11 is 0. The number of hydrogen-bond acceptors (Lipinski definition) is 2. The molecule has 0 saturated carbocycles. The summed E-state index contributed by atoms with van der Waals surface area (Å²) in [6.07, 6.45) is 5.88. The maximum atomic E-state index is 3.46. The van der Waals surface area contributed by atoms with Crippen molar-refractivity contribution in [1.29, 1.82) is 0 Å². The number of nitrogens with zero attached hydrogens (tertiary/aromatic N) is 1. The van der Waals surface area contributed by atoms with Crippen LogP contribution in [0.5, 0.6) is 0 Å². The Morgan fingerprint density at radius 1 is 1.20 bits per heavy atom. The lowest BCUT2D eigenvalue weighted by Crippen LogP contribution is -2.45. The zero-order valence-electron chi connectivity index (χ0n) is 12.4. The van der Waals surface area contributed by atoms with Gasteiger partial charge >= 0.3 is 0 Å². The summed E-state index contributed by atoms with van der Waals surface area (Å²) in [4.78, 5) is 5.94. The van der Waals surface area contributed by atoms with E-state index in [1.165, 1.54) is 48.8 Å². The van der Waals surface area contributed by atoms with Crippen LogP contribution in [0.1, 0.15) is 37.8 Å². The van der Waals surface area contributed by atoms with E-state index in [0.29, 0.717) is 6.04 Å². The minimum atomic E-state index is 0.580. The molecule has 1 aliphatic rings. The summed E-state index contributed by atoms with van der Waals surface area (Å²) in [5.41, 5.74) is 2.72. The van der Waals surface area contributed by atoms with Gasteiger partial charge in [-0.25, -0.2) is 0 Å². The molecule has 1 saturated heterocycles. The van der Waals surface area contributed by atoms with Crippen molar-refractivity contribution in [2.75, 3.05) is 26.2 Å². The van der Waals surface area contributed by atoms with Crippen molar-refractivity contribution in [2.24, 2.45) is 0 Å². The number of piperazine rings is 1. The number of fused-ring (bicyclic) bond motifs is 1. The van der Waals surface area contributed by atoms with Crippen LogP contribution in [0.4, 0.5) is 0 Å². The predicted molar refractivity (Wildman–Crippen MR) is 85.0 cm³/mol. The Morgan fingerprint density at radius 3 is 2.85 bits per heavy atom. The lowest BCUT2D eigenvalue weighted by molar-refractivity contribution is 0.163. The minimum Gasteiger partial charge on any atom is -0.361 e. The van der Waals surface area contributed by atoms with E-state index in [4.69, 9.17) is 0 Å². The van der Waals surface area contributed by atoms with Crippen molar-refractivity contribution in [3.8, 4) is 0 Å². The van der Waals surface area contributed by atoms with E-state index in [2.05, 4.69) is 46.4 Å². The van der Waals surface area contributed by atoms with Gasteiger partial charge in [-0.05, 0) is 35.6 Å². The molecule has 2 heterocycles. The van der Waals surface area contributed by atoms with Gasteiger partial charge in [0.15, 0.2) is 0 Å². The Kier molecular flexibility index (Phi) is 4.38. The Balaban J connectivity index is 1.85. The van der Waals surface area contributed by atoms with Crippen LogP contribution < -0.4 is 5.32 Å². The van der Waals surface area contributed by atoms with E-state index in [1.807, 2.05) is 6.20 Å². The molecule has 2 aromatic rings. The van der Waals surface area contributed by atoms with Crippen molar-refractivity contribution in [1.82, 2.24) is 15.2 Å². The van der Waals surface area contributed by atoms with E-state index in [-0.39, 0.29) is 0 Å². The average Bonchev–Trinajstić information content (AvgIpc) is 2.96. The van der Waals surface area contributed by atoms with Crippen molar-refractivity contribution in [3.05, 3.63) is 36.0 Å². The fourth-order valence-corrected chi connectivity index (χ4v) is 3.23. The standard InChI is InChI=1S/C17H25N3/c1-2-3-4-17(20-11-9-18-10-12-20)15-5-6-16-14(13-15)7-8-19-16/h5-8,13,17-19H,2-4,9-12H2,1H3/t17-/m1/s1. The number of rotatable bonds is 5. The Morgan fingerprint density at radius 2 is 2.05 bits per heavy atom. The summed E-state index contributed by atoms with van der Waals surface area (Å²) in [5, 5.41) is 4.79. The van der Waals surface area contributed by atoms with Gasteiger partial charge < -0.3 is 10.3 Å². The van der Waals surface area contributed by atoms with Gasteiger partial charge in [-0.2, -0.15) is 0 Å². The van der Waals surface area contributed by atoms with Gasteiger partial charge in [0.1, 0.15) is 0 Å². The molecule has 3 nitrogen and oxygen atoms in total. The highest BCUT2D eigenvalue weighted by Crippen LogP contribution is 2.29. The second-order valence-corrected chi connectivity index (χ2v) is 5.77. The Hall–Kier alpha value is -1.32. The average molecular weight is 271 g/mol. The SMILES string of the molecule is CCCC[C@H](c1ccc2[nH]ccc2c1)N1CCNCC1. The van der Waals surface area contributed by atoms with Crippen molar-refractivity contribution in [2.45, 2.75) is 32.2 Å². The van der Waals surface area contributed by atoms with Crippen LogP contribution in [0.25, 0.3) is 10.9 Å². The molecular weight excluding hydrogens is 246 g/mol. The normalized spacial score (nSPS) is 18.4. The summed E-state index contributed by atoms with van der Waals surface area (Å²) in [6, 6.07) is 9.66. The molecule has 1 aromatic heterocycles. The van der Waals surface area contributed by atoms with Crippen molar-refractivity contribution in [3.63, 3.8) is 0 Å². The highest BCUT2D eigenvalue weighted by molar-refractivity contribution is 5.80. The number of aromatic amines is 1. The molecule has 0 bridgehead atoms. The summed E-state index contributed by atoms with van der Waals surface area (Å²) < 4.78 is 0. The lowest BCUT2D eigenvalue weighted by atomic mass is 9.97. The minimum absolute atomic E-state index is 0.580. The molecule has 108 valence electrons. The Bertz CT molecular complexity index is 540. The van der Waals surface area contributed by atoms with Crippen molar-refractivity contribution >= 4 is 10.9 Å². The summed E-state index contributed by atoms with van der Waals surface area (Å²) in [5.74, 6) is 0. The predicted octanol–water partition coefficient (Wildman–Crippen LogP) is 3.30. The van der Waals surface area contributed by atoms with E-state index in [9.17, 15) is 0 Å². The second kappa shape index (κ2) is 6.42. The molecule has 1 aromatic carbocycles. The number of aromatic nitrogens is 1.